The second-order valence-corrected chi connectivity index (χ2v) is 6.95. The number of hydrogen-bond acceptors (Lipinski definition) is 3. The lowest BCUT2D eigenvalue weighted by Gasteiger charge is -2.27. The Morgan fingerprint density at radius 1 is 1.33 bits per heavy atom. The molecule has 3 rings (SSSR count). The summed E-state index contributed by atoms with van der Waals surface area (Å²) < 4.78 is 0. The average Bonchev–Trinajstić information content (AvgIpc) is 3.10. The van der Waals surface area contributed by atoms with E-state index < -0.39 is 0 Å². The van der Waals surface area contributed by atoms with Crippen LogP contribution in [0.1, 0.15) is 28.3 Å². The fourth-order valence-electron chi connectivity index (χ4n) is 2.75. The van der Waals surface area contributed by atoms with E-state index in [1.807, 2.05) is 30.1 Å². The Morgan fingerprint density at radius 2 is 2.10 bits per heavy atom. The number of nitrogens with one attached hydrogen (secondary N) is 1. The topological polar surface area (TPSA) is 32.3 Å². The van der Waals surface area contributed by atoms with E-state index in [2.05, 4.69) is 37.4 Å². The summed E-state index contributed by atoms with van der Waals surface area (Å²) in [6.07, 6.45) is 0.773. The number of anilines is 1. The number of para-hydroxylation sites is 1. The van der Waals surface area contributed by atoms with Crippen molar-refractivity contribution in [1.29, 1.82) is 0 Å². The van der Waals surface area contributed by atoms with Gasteiger partial charge in [0.05, 0.1) is 6.04 Å². The molecule has 0 spiro atoms. The van der Waals surface area contributed by atoms with Crippen molar-refractivity contribution in [3.8, 4) is 0 Å². The van der Waals surface area contributed by atoms with Gasteiger partial charge in [-0.2, -0.15) is 0 Å². The SMILES string of the molecule is Cc1ccc(C(C)N(C)C(=O)[C@@H]2Cc3ccccc3N2)s1. The zero-order valence-electron chi connectivity index (χ0n) is 12.6. The van der Waals surface area contributed by atoms with Crippen LogP contribution in [0.15, 0.2) is 36.4 Å². The summed E-state index contributed by atoms with van der Waals surface area (Å²) in [4.78, 5) is 17.1. The number of nitrogens with zero attached hydrogens (tertiary/aromatic N) is 1. The normalized spacial score (nSPS) is 18.0. The minimum atomic E-state index is -0.143. The Balaban J connectivity index is 1.71. The predicted octanol–water partition coefficient (Wildman–Crippen LogP) is 3.61. The third kappa shape index (κ3) is 2.68. The molecule has 4 heteroatoms. The van der Waals surface area contributed by atoms with Crippen molar-refractivity contribution in [3.05, 3.63) is 51.7 Å². The highest BCUT2D eigenvalue weighted by Crippen LogP contribution is 2.30. The molecule has 1 aromatic carbocycles. The second-order valence-electron chi connectivity index (χ2n) is 5.63. The fourth-order valence-corrected chi connectivity index (χ4v) is 3.72. The molecule has 0 radical (unpaired) electrons. The summed E-state index contributed by atoms with van der Waals surface area (Å²) in [7, 11) is 1.90. The molecule has 1 aliphatic heterocycles. The van der Waals surface area contributed by atoms with E-state index in [1.165, 1.54) is 15.3 Å². The summed E-state index contributed by atoms with van der Waals surface area (Å²) in [6, 6.07) is 12.3. The summed E-state index contributed by atoms with van der Waals surface area (Å²) in [5.74, 6) is 0.157. The van der Waals surface area contributed by atoms with Gasteiger partial charge in [0.15, 0.2) is 0 Å². The molecule has 21 heavy (non-hydrogen) atoms. The molecule has 110 valence electrons. The zero-order chi connectivity index (χ0) is 15.0. The van der Waals surface area contributed by atoms with Crippen LogP contribution in [0.25, 0.3) is 0 Å². The predicted molar refractivity (Wildman–Crippen MR) is 87.8 cm³/mol. The Labute approximate surface area is 129 Å². The van der Waals surface area contributed by atoms with E-state index in [0.29, 0.717) is 0 Å². The number of rotatable bonds is 3. The first-order chi connectivity index (χ1) is 10.1. The van der Waals surface area contributed by atoms with Crippen LogP contribution in [0.4, 0.5) is 5.69 Å². The van der Waals surface area contributed by atoms with E-state index >= 15 is 0 Å². The summed E-state index contributed by atoms with van der Waals surface area (Å²) in [6.45, 7) is 4.18. The maximum atomic E-state index is 12.7. The molecule has 1 aromatic heterocycles. The number of hydrogen-bond donors (Lipinski definition) is 1. The Morgan fingerprint density at radius 3 is 2.76 bits per heavy atom. The Bertz CT molecular complexity index is 639. The van der Waals surface area contributed by atoms with Crippen LogP contribution < -0.4 is 5.32 Å². The van der Waals surface area contributed by atoms with Crippen molar-refractivity contribution in [2.75, 3.05) is 12.4 Å². The number of benzene rings is 1. The minimum Gasteiger partial charge on any atom is -0.373 e. The largest absolute Gasteiger partial charge is 0.373 e. The van der Waals surface area contributed by atoms with Crippen LogP contribution in [0.2, 0.25) is 0 Å². The van der Waals surface area contributed by atoms with E-state index in [0.717, 1.165) is 12.1 Å². The third-order valence-corrected chi connectivity index (χ3v) is 5.34. The number of amides is 1. The zero-order valence-corrected chi connectivity index (χ0v) is 13.4. The van der Waals surface area contributed by atoms with Crippen LogP contribution in [0.3, 0.4) is 0 Å². The van der Waals surface area contributed by atoms with Crippen LogP contribution >= 0.6 is 11.3 Å². The van der Waals surface area contributed by atoms with Crippen LogP contribution in [0.5, 0.6) is 0 Å². The smallest absolute Gasteiger partial charge is 0.245 e. The minimum absolute atomic E-state index is 0.113. The van der Waals surface area contributed by atoms with E-state index in [-0.39, 0.29) is 18.0 Å². The van der Waals surface area contributed by atoms with Gasteiger partial charge in [0.2, 0.25) is 5.91 Å². The molecule has 3 nitrogen and oxygen atoms in total. The van der Waals surface area contributed by atoms with Gasteiger partial charge >= 0.3 is 0 Å². The van der Waals surface area contributed by atoms with Gasteiger partial charge in [-0.1, -0.05) is 18.2 Å². The first kappa shape index (κ1) is 14.1. The molecular weight excluding hydrogens is 280 g/mol. The van der Waals surface area contributed by atoms with E-state index in [4.69, 9.17) is 0 Å². The van der Waals surface area contributed by atoms with Crippen molar-refractivity contribution in [1.82, 2.24) is 4.90 Å². The number of carbonyl (C=O) groups is 1. The molecule has 2 aromatic rings. The van der Waals surface area contributed by atoms with Crippen molar-refractivity contribution >= 4 is 22.9 Å². The molecule has 1 aliphatic rings. The average molecular weight is 300 g/mol. The molecule has 2 heterocycles. The Kier molecular flexibility index (Phi) is 3.72. The fraction of sp³-hybridized carbons (Fsp3) is 0.353. The third-order valence-electron chi connectivity index (χ3n) is 4.17. The number of likely N-dealkylation sites (N-methyl/N-ethyl adjacent to an activating group) is 1. The molecule has 0 saturated heterocycles. The lowest BCUT2D eigenvalue weighted by atomic mass is 10.1. The van der Waals surface area contributed by atoms with Gasteiger partial charge in [0.1, 0.15) is 6.04 Å². The van der Waals surface area contributed by atoms with Gasteiger partial charge in [-0.15, -0.1) is 11.3 Å². The molecule has 1 N–H and O–H groups in total. The summed E-state index contributed by atoms with van der Waals surface area (Å²) >= 11 is 1.76. The highest BCUT2D eigenvalue weighted by Gasteiger charge is 2.30. The lowest BCUT2D eigenvalue weighted by Crippen LogP contribution is -2.40. The molecule has 2 atom stereocenters. The van der Waals surface area contributed by atoms with Crippen molar-refractivity contribution < 1.29 is 4.79 Å². The van der Waals surface area contributed by atoms with E-state index in [9.17, 15) is 4.79 Å². The first-order valence-corrected chi connectivity index (χ1v) is 8.05. The molecule has 1 unspecified atom stereocenters. The van der Waals surface area contributed by atoms with Crippen molar-refractivity contribution in [2.24, 2.45) is 0 Å². The van der Waals surface area contributed by atoms with Crippen molar-refractivity contribution in [3.63, 3.8) is 0 Å². The Hall–Kier alpha value is -1.81. The molecule has 0 bridgehead atoms. The van der Waals surface area contributed by atoms with Crippen LogP contribution in [-0.2, 0) is 11.2 Å². The number of thiophene rings is 1. The van der Waals surface area contributed by atoms with Crippen LogP contribution in [0, 0.1) is 6.92 Å². The number of fused-ring (bicyclic) bond motifs is 1. The van der Waals surface area contributed by atoms with Gasteiger partial charge in [-0.05, 0) is 37.6 Å². The first-order valence-electron chi connectivity index (χ1n) is 7.23. The maximum absolute atomic E-state index is 12.7. The molecule has 0 fully saturated rings. The quantitative estimate of drug-likeness (QED) is 0.939. The van der Waals surface area contributed by atoms with Gasteiger partial charge in [0, 0.05) is 28.9 Å². The molecular formula is C17H20N2OS. The van der Waals surface area contributed by atoms with Gasteiger partial charge < -0.3 is 10.2 Å². The molecule has 0 aliphatic carbocycles. The monoisotopic (exact) mass is 300 g/mol. The maximum Gasteiger partial charge on any atom is 0.245 e. The summed E-state index contributed by atoms with van der Waals surface area (Å²) in [5, 5.41) is 3.34. The second kappa shape index (κ2) is 5.53. The number of carbonyl (C=O) groups excluding carboxylic acids is 1. The highest BCUT2D eigenvalue weighted by molar-refractivity contribution is 7.12. The standard InChI is InChI=1S/C17H20N2OS/c1-11-8-9-16(21-11)12(2)19(3)17(20)15-10-13-6-4-5-7-14(13)18-15/h4-9,12,15,18H,10H2,1-3H3/t12?,15-/m0/s1. The highest BCUT2D eigenvalue weighted by atomic mass is 32.1. The van der Waals surface area contributed by atoms with Crippen molar-refractivity contribution in [2.45, 2.75) is 32.4 Å². The summed E-state index contributed by atoms with van der Waals surface area (Å²) in [5.41, 5.74) is 2.31. The van der Waals surface area contributed by atoms with E-state index in [1.54, 1.807) is 11.3 Å². The van der Waals surface area contributed by atoms with Gasteiger partial charge in [0.25, 0.3) is 0 Å². The van der Waals surface area contributed by atoms with Crippen LogP contribution in [-0.4, -0.2) is 23.9 Å². The van der Waals surface area contributed by atoms with Gasteiger partial charge in [-0.25, -0.2) is 0 Å². The lowest BCUT2D eigenvalue weighted by molar-refractivity contribution is -0.132. The number of aryl methyl sites for hydroxylation is 1. The molecule has 1 amide bonds. The molecule has 0 saturated carbocycles. The van der Waals surface area contributed by atoms with Gasteiger partial charge in [-0.3, -0.25) is 4.79 Å².